The maximum atomic E-state index is 12.5. The SMILES string of the molecule is CCCCCCCCCCOc1ccc(-c2ccc(OC(=O)CCCCC(=O)Oc3ccc(-c4ccc(OCCCCCCCCCC)cc4)cc3)cc2)cc1. The normalized spacial score (nSPS) is 11.0. The first kappa shape index (κ1) is 44.1. The molecule has 4 aromatic rings. The third kappa shape index (κ3) is 17.9. The molecule has 0 saturated carbocycles. The fourth-order valence-corrected chi connectivity index (χ4v) is 6.67. The van der Waals surface area contributed by atoms with Crippen molar-refractivity contribution in [3.8, 4) is 45.3 Å². The number of ether oxygens (including phenoxy) is 4. The minimum Gasteiger partial charge on any atom is -0.494 e. The lowest BCUT2D eigenvalue weighted by molar-refractivity contribution is -0.136. The molecule has 0 aliphatic heterocycles. The van der Waals surface area contributed by atoms with E-state index in [1.165, 1.54) is 89.9 Å². The van der Waals surface area contributed by atoms with Crippen LogP contribution in [0.3, 0.4) is 0 Å². The Bertz CT molecular complexity index is 1500. The zero-order valence-electron chi connectivity index (χ0n) is 34.2. The third-order valence-corrected chi connectivity index (χ3v) is 10.1. The lowest BCUT2D eigenvalue weighted by Crippen LogP contribution is -2.10. The van der Waals surface area contributed by atoms with Crippen molar-refractivity contribution in [2.24, 2.45) is 0 Å². The second-order valence-corrected chi connectivity index (χ2v) is 14.9. The van der Waals surface area contributed by atoms with E-state index in [1.807, 2.05) is 72.8 Å². The molecule has 0 aliphatic carbocycles. The topological polar surface area (TPSA) is 71.1 Å². The van der Waals surface area contributed by atoms with E-state index in [0.29, 0.717) is 24.3 Å². The second-order valence-electron chi connectivity index (χ2n) is 14.9. The van der Waals surface area contributed by atoms with Crippen LogP contribution in [0, 0.1) is 0 Å². The van der Waals surface area contributed by atoms with Crippen molar-refractivity contribution in [1.29, 1.82) is 0 Å². The van der Waals surface area contributed by atoms with Gasteiger partial charge in [0.05, 0.1) is 13.2 Å². The molecule has 4 rings (SSSR count). The summed E-state index contributed by atoms with van der Waals surface area (Å²) in [4.78, 5) is 24.9. The fourth-order valence-electron chi connectivity index (χ4n) is 6.67. The van der Waals surface area contributed by atoms with Gasteiger partial charge in [-0.05, 0) is 96.5 Å². The van der Waals surface area contributed by atoms with E-state index in [0.717, 1.165) is 59.8 Å². The van der Waals surface area contributed by atoms with Crippen LogP contribution in [0.25, 0.3) is 22.3 Å². The van der Waals surface area contributed by atoms with E-state index in [1.54, 1.807) is 0 Å². The molecule has 6 heteroatoms. The number of hydrogen-bond acceptors (Lipinski definition) is 6. The zero-order valence-corrected chi connectivity index (χ0v) is 34.2. The van der Waals surface area contributed by atoms with Crippen LogP contribution in [0.2, 0.25) is 0 Å². The summed E-state index contributed by atoms with van der Waals surface area (Å²) in [6.45, 7) is 6.01. The summed E-state index contributed by atoms with van der Waals surface area (Å²) in [7, 11) is 0. The average Bonchev–Trinajstić information content (AvgIpc) is 3.22. The first-order valence-corrected chi connectivity index (χ1v) is 21.6. The number of hydrogen-bond donors (Lipinski definition) is 0. The van der Waals surface area contributed by atoms with Crippen molar-refractivity contribution in [1.82, 2.24) is 0 Å². The summed E-state index contributed by atoms with van der Waals surface area (Å²) in [5, 5.41) is 0. The molecule has 0 fully saturated rings. The number of benzene rings is 4. The van der Waals surface area contributed by atoms with Gasteiger partial charge in [-0.25, -0.2) is 0 Å². The molecule has 0 bridgehead atoms. The van der Waals surface area contributed by atoms with Crippen LogP contribution in [0.15, 0.2) is 97.1 Å². The van der Waals surface area contributed by atoms with Crippen molar-refractivity contribution in [2.45, 2.75) is 142 Å². The van der Waals surface area contributed by atoms with Gasteiger partial charge in [0.1, 0.15) is 23.0 Å². The summed E-state index contributed by atoms with van der Waals surface area (Å²) >= 11 is 0. The van der Waals surface area contributed by atoms with Crippen LogP contribution < -0.4 is 18.9 Å². The number of rotatable bonds is 29. The van der Waals surface area contributed by atoms with Gasteiger partial charge < -0.3 is 18.9 Å². The number of carbonyl (C=O) groups is 2. The number of unbranched alkanes of at least 4 members (excludes halogenated alkanes) is 15. The Morgan fingerprint density at radius 2 is 0.607 bits per heavy atom. The van der Waals surface area contributed by atoms with E-state index < -0.39 is 0 Å². The molecular formula is C50H66O6. The second kappa shape index (κ2) is 27.1. The molecule has 0 amide bonds. The predicted octanol–water partition coefficient (Wildman–Crippen LogP) is 14.1. The largest absolute Gasteiger partial charge is 0.494 e. The van der Waals surface area contributed by atoms with Crippen LogP contribution in [-0.2, 0) is 9.59 Å². The van der Waals surface area contributed by atoms with E-state index in [2.05, 4.69) is 38.1 Å². The fraction of sp³-hybridized carbons (Fsp3) is 0.480. The average molecular weight is 763 g/mol. The highest BCUT2D eigenvalue weighted by Crippen LogP contribution is 2.27. The van der Waals surface area contributed by atoms with Gasteiger partial charge >= 0.3 is 11.9 Å². The standard InChI is InChI=1S/C50H66O6/c1-3-5-7-9-11-13-15-19-39-53-45-31-23-41(24-32-45)43-27-35-47(36-28-43)55-49(51)21-17-18-22-50(52)56-48-37-29-44(30-38-48)42-25-33-46(34-26-42)54-40-20-16-14-12-10-8-6-4-2/h23-38H,3-22,39-40H2,1-2H3. The summed E-state index contributed by atoms with van der Waals surface area (Å²) in [5.41, 5.74) is 4.22. The molecule has 0 N–H and O–H groups in total. The molecular weight excluding hydrogens is 697 g/mol. The first-order chi connectivity index (χ1) is 27.5. The molecule has 0 aliphatic rings. The minimum absolute atomic E-state index is 0.229. The van der Waals surface area contributed by atoms with Gasteiger partial charge in [-0.2, -0.15) is 0 Å². The zero-order chi connectivity index (χ0) is 39.5. The van der Waals surface area contributed by atoms with E-state index >= 15 is 0 Å². The Labute approximate surface area is 337 Å². The molecule has 0 heterocycles. The lowest BCUT2D eigenvalue weighted by atomic mass is 10.1. The molecule has 0 atom stereocenters. The molecule has 0 radical (unpaired) electrons. The third-order valence-electron chi connectivity index (χ3n) is 10.1. The minimum atomic E-state index is -0.317. The molecule has 0 unspecified atom stereocenters. The monoisotopic (exact) mass is 762 g/mol. The highest BCUT2D eigenvalue weighted by atomic mass is 16.5. The Hall–Kier alpha value is -4.58. The van der Waals surface area contributed by atoms with E-state index in [-0.39, 0.29) is 24.8 Å². The Morgan fingerprint density at radius 3 is 0.911 bits per heavy atom. The summed E-state index contributed by atoms with van der Waals surface area (Å²) in [6, 6.07) is 31.3. The smallest absolute Gasteiger partial charge is 0.311 e. The lowest BCUT2D eigenvalue weighted by Gasteiger charge is -2.09. The Kier molecular flexibility index (Phi) is 21.4. The molecule has 0 aromatic heterocycles. The summed E-state index contributed by atoms with van der Waals surface area (Å²) < 4.78 is 23.0. The molecule has 302 valence electrons. The highest BCUT2D eigenvalue weighted by molar-refractivity contribution is 5.74. The van der Waals surface area contributed by atoms with Crippen LogP contribution in [0.5, 0.6) is 23.0 Å². The van der Waals surface area contributed by atoms with E-state index in [4.69, 9.17) is 18.9 Å². The van der Waals surface area contributed by atoms with Gasteiger partial charge in [-0.3, -0.25) is 9.59 Å². The van der Waals surface area contributed by atoms with Gasteiger partial charge in [0, 0.05) is 12.8 Å². The molecule has 6 nitrogen and oxygen atoms in total. The first-order valence-electron chi connectivity index (χ1n) is 21.6. The van der Waals surface area contributed by atoms with E-state index in [9.17, 15) is 9.59 Å². The van der Waals surface area contributed by atoms with Gasteiger partial charge in [0.2, 0.25) is 0 Å². The summed E-state index contributed by atoms with van der Waals surface area (Å²) in [5.74, 6) is 2.15. The van der Waals surface area contributed by atoms with Gasteiger partial charge in [0.25, 0.3) is 0 Å². The van der Waals surface area contributed by atoms with Crippen LogP contribution in [0.4, 0.5) is 0 Å². The van der Waals surface area contributed by atoms with Crippen molar-refractivity contribution < 1.29 is 28.5 Å². The molecule has 4 aromatic carbocycles. The van der Waals surface area contributed by atoms with Gasteiger partial charge in [0.15, 0.2) is 0 Å². The van der Waals surface area contributed by atoms with Crippen molar-refractivity contribution in [3.63, 3.8) is 0 Å². The van der Waals surface area contributed by atoms with Crippen molar-refractivity contribution in [2.75, 3.05) is 13.2 Å². The van der Waals surface area contributed by atoms with Crippen LogP contribution in [-0.4, -0.2) is 25.2 Å². The van der Waals surface area contributed by atoms with Gasteiger partial charge in [-0.1, -0.05) is 152 Å². The highest BCUT2D eigenvalue weighted by Gasteiger charge is 2.10. The van der Waals surface area contributed by atoms with Crippen LogP contribution in [0.1, 0.15) is 142 Å². The Morgan fingerprint density at radius 1 is 0.339 bits per heavy atom. The number of carbonyl (C=O) groups excluding carboxylic acids is 2. The molecule has 0 spiro atoms. The molecule has 0 saturated heterocycles. The van der Waals surface area contributed by atoms with Crippen molar-refractivity contribution in [3.05, 3.63) is 97.1 Å². The molecule has 56 heavy (non-hydrogen) atoms. The van der Waals surface area contributed by atoms with Gasteiger partial charge in [-0.15, -0.1) is 0 Å². The van der Waals surface area contributed by atoms with Crippen molar-refractivity contribution >= 4 is 11.9 Å². The Balaban J connectivity index is 1.05. The van der Waals surface area contributed by atoms with Crippen LogP contribution >= 0.6 is 0 Å². The number of esters is 2. The predicted molar refractivity (Wildman–Crippen MR) is 230 cm³/mol. The summed E-state index contributed by atoms with van der Waals surface area (Å²) in [6.07, 6.45) is 22.1. The maximum Gasteiger partial charge on any atom is 0.311 e. The quantitative estimate of drug-likeness (QED) is 0.0312. The maximum absolute atomic E-state index is 12.5.